The number of rotatable bonds is 9. The van der Waals surface area contributed by atoms with Crippen molar-refractivity contribution in [2.75, 3.05) is 47.4 Å². The largest absolute Gasteiger partial charge is 0.508 e. The van der Waals surface area contributed by atoms with Crippen LogP contribution in [0.25, 0.3) is 33.3 Å². The summed E-state index contributed by atoms with van der Waals surface area (Å²) in [4.78, 5) is 64.3. The molecule has 3 amide bonds. The number of cyclic esters (lactones) is 1. The summed E-state index contributed by atoms with van der Waals surface area (Å²) >= 11 is 0. The third kappa shape index (κ3) is 9.17. The molecular weight excluding hydrogens is 775 g/mol. The Balaban J connectivity index is 1.33. The van der Waals surface area contributed by atoms with Gasteiger partial charge in [0.15, 0.2) is 0 Å². The number of aromatic nitrogens is 2. The molecule has 2 aromatic heterocycles. The number of aryl methyl sites for hydroxylation is 1. The minimum Gasteiger partial charge on any atom is -0.508 e. The molecule has 0 aliphatic carbocycles. The first kappa shape index (κ1) is 43.8. The van der Waals surface area contributed by atoms with E-state index in [1.807, 2.05) is 45.3 Å². The quantitative estimate of drug-likeness (QED) is 0.198. The summed E-state index contributed by atoms with van der Waals surface area (Å²) in [6, 6.07) is 10.8. The zero-order valence-electron chi connectivity index (χ0n) is 36.8. The Bertz CT molecular complexity index is 2300. The lowest BCUT2D eigenvalue weighted by Crippen LogP contribution is -2.63. The highest BCUT2D eigenvalue weighted by Crippen LogP contribution is 2.41. The van der Waals surface area contributed by atoms with E-state index in [0.29, 0.717) is 57.6 Å². The summed E-state index contributed by atoms with van der Waals surface area (Å²) in [5.74, 6) is -1.89. The third-order valence-corrected chi connectivity index (χ3v) is 12.4. The van der Waals surface area contributed by atoms with Crippen molar-refractivity contribution >= 4 is 34.6 Å². The number of benzene rings is 2. The fourth-order valence-corrected chi connectivity index (χ4v) is 9.39. The van der Waals surface area contributed by atoms with Crippen LogP contribution in [0.1, 0.15) is 64.2 Å². The number of hydrogen-bond acceptors (Lipinski definition) is 10. The zero-order chi connectivity index (χ0) is 43.7. The molecule has 5 heterocycles. The molecule has 14 nitrogen and oxygen atoms in total. The van der Waals surface area contributed by atoms with Crippen molar-refractivity contribution in [3.05, 3.63) is 71.5 Å². The lowest BCUT2D eigenvalue weighted by atomic mass is 9.84. The van der Waals surface area contributed by atoms with Crippen LogP contribution in [0.5, 0.6) is 5.75 Å². The van der Waals surface area contributed by atoms with Crippen LogP contribution in [0.4, 0.5) is 0 Å². The zero-order valence-corrected chi connectivity index (χ0v) is 36.8. The molecule has 14 heteroatoms. The Labute approximate surface area is 358 Å². The summed E-state index contributed by atoms with van der Waals surface area (Å²) in [6.45, 7) is 12.8. The van der Waals surface area contributed by atoms with E-state index in [9.17, 15) is 24.3 Å². The van der Waals surface area contributed by atoms with E-state index in [-0.39, 0.29) is 36.5 Å². The molecule has 3 atom stereocenters. The highest BCUT2D eigenvalue weighted by Gasteiger charge is 2.40. The SMILES string of the molecule is CCn1c(-c2cnccc2COC)c2c3cc(ccc31)-c1cc(O)cc(c1)C[C@H](NC(=O)C(C(C)C)N(C)C(=O)C1CN(C)C1)C(=O)N1CCC[C@H](N1)C(=O)OCC(C)(C)C2. The van der Waals surface area contributed by atoms with Crippen molar-refractivity contribution < 1.29 is 33.8 Å². The molecule has 326 valence electrons. The minimum atomic E-state index is -1.10. The number of carbonyl (C=O) groups is 4. The second-order valence-corrected chi connectivity index (χ2v) is 18.2. The predicted molar refractivity (Wildman–Crippen MR) is 233 cm³/mol. The number of carbonyl (C=O) groups excluding carboxylic acids is 4. The molecule has 0 spiro atoms. The summed E-state index contributed by atoms with van der Waals surface area (Å²) in [5.41, 5.74) is 9.93. The van der Waals surface area contributed by atoms with Crippen LogP contribution in [-0.4, -0.2) is 119 Å². The van der Waals surface area contributed by atoms with Crippen molar-refractivity contribution in [3.8, 4) is 28.1 Å². The van der Waals surface area contributed by atoms with Crippen LogP contribution >= 0.6 is 0 Å². The van der Waals surface area contributed by atoms with Gasteiger partial charge < -0.3 is 34.3 Å². The first-order valence-electron chi connectivity index (χ1n) is 21.5. The number of phenols is 1. The maximum absolute atomic E-state index is 14.6. The Morgan fingerprint density at radius 1 is 1.11 bits per heavy atom. The normalized spacial score (nSPS) is 20.5. The van der Waals surface area contributed by atoms with Crippen LogP contribution < -0.4 is 10.7 Å². The number of ether oxygens (including phenoxy) is 2. The first-order chi connectivity index (χ1) is 29.1. The second kappa shape index (κ2) is 18.0. The molecule has 0 radical (unpaired) electrons. The second-order valence-electron chi connectivity index (χ2n) is 18.2. The van der Waals surface area contributed by atoms with Gasteiger partial charge >= 0.3 is 5.97 Å². The van der Waals surface area contributed by atoms with Gasteiger partial charge in [-0.2, -0.15) is 0 Å². The van der Waals surface area contributed by atoms with E-state index in [0.717, 1.165) is 44.4 Å². The number of pyridine rings is 1. The Kier molecular flexibility index (Phi) is 12.9. The monoisotopic (exact) mass is 835 g/mol. The fourth-order valence-electron chi connectivity index (χ4n) is 9.39. The lowest BCUT2D eigenvalue weighted by molar-refractivity contribution is -0.155. The molecule has 61 heavy (non-hydrogen) atoms. The number of esters is 1. The van der Waals surface area contributed by atoms with Crippen molar-refractivity contribution in [2.24, 2.45) is 17.3 Å². The molecular formula is C47H61N7O7. The van der Waals surface area contributed by atoms with E-state index in [1.165, 1.54) is 9.91 Å². The Hall–Kier alpha value is -5.31. The lowest BCUT2D eigenvalue weighted by Gasteiger charge is -2.40. The van der Waals surface area contributed by atoms with Gasteiger partial charge in [0.2, 0.25) is 11.8 Å². The number of nitrogens with zero attached hydrogens (tertiary/aromatic N) is 5. The fraction of sp³-hybridized carbons (Fsp3) is 0.511. The first-order valence-corrected chi connectivity index (χ1v) is 21.5. The highest BCUT2D eigenvalue weighted by molar-refractivity contribution is 5.96. The number of hydrogen-bond donors (Lipinski definition) is 3. The molecule has 2 fully saturated rings. The third-order valence-electron chi connectivity index (χ3n) is 12.4. The van der Waals surface area contributed by atoms with Gasteiger partial charge in [-0.05, 0) is 97.3 Å². The van der Waals surface area contributed by atoms with E-state index in [2.05, 4.69) is 58.1 Å². The van der Waals surface area contributed by atoms with Crippen LogP contribution in [-0.2, 0) is 54.6 Å². The van der Waals surface area contributed by atoms with Crippen molar-refractivity contribution in [1.29, 1.82) is 0 Å². The smallest absolute Gasteiger partial charge is 0.324 e. The molecule has 7 rings (SSSR count). The molecule has 2 saturated heterocycles. The Morgan fingerprint density at radius 2 is 1.89 bits per heavy atom. The summed E-state index contributed by atoms with van der Waals surface area (Å²) in [7, 11) is 5.28. The molecule has 6 bridgehead atoms. The summed E-state index contributed by atoms with van der Waals surface area (Å²) in [6.07, 6.45) is 5.26. The van der Waals surface area contributed by atoms with Gasteiger partial charge in [-0.15, -0.1) is 0 Å². The van der Waals surface area contributed by atoms with Crippen molar-refractivity contribution in [2.45, 2.75) is 91.6 Å². The molecule has 3 aliphatic rings. The van der Waals surface area contributed by atoms with Crippen LogP contribution in [0, 0.1) is 17.3 Å². The van der Waals surface area contributed by atoms with Gasteiger partial charge in [0, 0.05) is 81.0 Å². The highest BCUT2D eigenvalue weighted by atomic mass is 16.5. The standard InChI is InChI=1S/C47H61N7O7/c1-9-53-40-13-12-30-21-35(40)36(42(53)37-23-48-15-14-31(37)26-60-8)22-47(4,5)27-61-46(59)38-11-10-16-54(50-38)45(58)39(19-29-17-32(30)20-34(55)18-29)49-43(56)41(28(2)3)52(7)44(57)33-24-51(6)25-33/h12-15,17-18,20-21,23,28,33,38-39,41,50,55H,9-11,16,19,22,24-27H2,1-8H3,(H,49,56)/t38-,39-,41?/m0/s1. The topological polar surface area (TPSA) is 159 Å². The van der Waals surface area contributed by atoms with Gasteiger partial charge in [0.05, 0.1) is 24.8 Å². The number of likely N-dealkylation sites (N-methyl/N-ethyl adjacent to an activating group) is 1. The minimum absolute atomic E-state index is 0.0158. The average Bonchev–Trinajstić information content (AvgIpc) is 3.51. The number of nitrogens with one attached hydrogen (secondary N) is 2. The van der Waals surface area contributed by atoms with Crippen molar-refractivity contribution in [3.63, 3.8) is 0 Å². The molecule has 3 aliphatic heterocycles. The van der Waals surface area contributed by atoms with E-state index in [4.69, 9.17) is 9.47 Å². The van der Waals surface area contributed by atoms with E-state index < -0.39 is 41.3 Å². The number of fused-ring (bicyclic) bond motifs is 6. The van der Waals surface area contributed by atoms with E-state index >= 15 is 0 Å². The number of aromatic hydroxyl groups is 1. The molecule has 3 N–H and O–H groups in total. The summed E-state index contributed by atoms with van der Waals surface area (Å²) < 4.78 is 14.0. The van der Waals surface area contributed by atoms with Crippen LogP contribution in [0.15, 0.2) is 54.9 Å². The van der Waals surface area contributed by atoms with Gasteiger partial charge in [-0.3, -0.25) is 29.2 Å². The average molecular weight is 836 g/mol. The Morgan fingerprint density at radius 3 is 2.59 bits per heavy atom. The number of amides is 3. The molecule has 0 saturated carbocycles. The van der Waals surface area contributed by atoms with Gasteiger partial charge in [-0.1, -0.05) is 39.8 Å². The van der Waals surface area contributed by atoms with Crippen LogP contribution in [0.3, 0.4) is 0 Å². The number of hydrazine groups is 1. The number of methoxy groups -OCH3 is 1. The van der Waals surface area contributed by atoms with Crippen LogP contribution in [0.2, 0.25) is 0 Å². The maximum Gasteiger partial charge on any atom is 0.324 e. The van der Waals surface area contributed by atoms with Crippen molar-refractivity contribution in [1.82, 2.24) is 35.1 Å². The van der Waals surface area contributed by atoms with Gasteiger partial charge in [0.25, 0.3) is 5.91 Å². The maximum atomic E-state index is 14.6. The summed E-state index contributed by atoms with van der Waals surface area (Å²) in [5, 5.41) is 16.7. The van der Waals surface area contributed by atoms with Gasteiger partial charge in [0.1, 0.15) is 23.9 Å². The van der Waals surface area contributed by atoms with Gasteiger partial charge in [-0.25, -0.2) is 5.43 Å². The number of phenolic OH excluding ortho intramolecular Hbond substituents is 1. The number of likely N-dealkylation sites (tertiary alicyclic amines) is 1. The molecule has 2 aromatic carbocycles. The van der Waals surface area contributed by atoms with E-state index in [1.54, 1.807) is 32.5 Å². The molecule has 4 aromatic rings. The predicted octanol–water partition coefficient (Wildman–Crippen LogP) is 4.94. The molecule has 1 unspecified atom stereocenters.